The number of carbonyl (C=O) groups is 1. The number of halogens is 1. The van der Waals surface area contributed by atoms with E-state index in [1.165, 1.54) is 0 Å². The Morgan fingerprint density at radius 3 is 2.76 bits per heavy atom. The van der Waals surface area contributed by atoms with Crippen LogP contribution in [0.3, 0.4) is 0 Å². The monoisotopic (exact) mass is 304 g/mol. The van der Waals surface area contributed by atoms with Crippen LogP contribution < -0.4 is 4.74 Å². The molecule has 0 bridgehead atoms. The molecule has 0 saturated heterocycles. The van der Waals surface area contributed by atoms with E-state index in [-0.39, 0.29) is 16.6 Å². The summed E-state index contributed by atoms with van der Waals surface area (Å²) in [7, 11) is 1.65. The molecule has 0 N–H and O–H groups in total. The SMILES string of the molecule is COc1ccc2c(c1)[C@]1(C(=O)Cl)CCCC(C)(C)[C@@H]1C=C2. The van der Waals surface area contributed by atoms with E-state index in [1.807, 2.05) is 18.2 Å². The van der Waals surface area contributed by atoms with E-state index in [0.29, 0.717) is 0 Å². The predicted octanol–water partition coefficient (Wildman–Crippen LogP) is 4.55. The van der Waals surface area contributed by atoms with E-state index in [1.54, 1.807) is 7.11 Å². The lowest BCUT2D eigenvalue weighted by Crippen LogP contribution is -2.51. The summed E-state index contributed by atoms with van der Waals surface area (Å²) in [4.78, 5) is 12.5. The fourth-order valence-electron chi connectivity index (χ4n) is 4.25. The van der Waals surface area contributed by atoms with Gasteiger partial charge >= 0.3 is 0 Å². The molecule has 2 aliphatic rings. The molecule has 0 aliphatic heterocycles. The maximum atomic E-state index is 12.5. The molecule has 0 aromatic heterocycles. The second-order valence-corrected chi connectivity index (χ2v) is 7.22. The van der Waals surface area contributed by atoms with Gasteiger partial charge in [0.25, 0.3) is 0 Å². The second-order valence-electron chi connectivity index (χ2n) is 6.88. The third kappa shape index (κ3) is 2.03. The van der Waals surface area contributed by atoms with Crippen LogP contribution in [0.2, 0.25) is 0 Å². The minimum absolute atomic E-state index is 0.0695. The maximum Gasteiger partial charge on any atom is 0.232 e. The number of ether oxygens (including phenoxy) is 1. The molecule has 2 aliphatic carbocycles. The zero-order valence-electron chi connectivity index (χ0n) is 12.8. The third-order valence-electron chi connectivity index (χ3n) is 5.33. The van der Waals surface area contributed by atoms with Crippen molar-refractivity contribution in [3.05, 3.63) is 35.4 Å². The summed E-state index contributed by atoms with van der Waals surface area (Å²) < 4.78 is 5.36. The number of benzene rings is 1. The number of hydrogen-bond acceptors (Lipinski definition) is 2. The lowest BCUT2D eigenvalue weighted by Gasteiger charge is -2.51. The zero-order valence-corrected chi connectivity index (χ0v) is 13.5. The van der Waals surface area contributed by atoms with Crippen molar-refractivity contribution in [2.45, 2.75) is 38.5 Å². The van der Waals surface area contributed by atoms with E-state index in [0.717, 1.165) is 36.1 Å². The molecule has 0 spiro atoms. The minimum Gasteiger partial charge on any atom is -0.497 e. The summed E-state index contributed by atoms with van der Waals surface area (Å²) >= 11 is 6.16. The molecule has 0 amide bonds. The summed E-state index contributed by atoms with van der Waals surface area (Å²) in [5.41, 5.74) is 1.57. The largest absolute Gasteiger partial charge is 0.497 e. The van der Waals surface area contributed by atoms with E-state index in [2.05, 4.69) is 26.0 Å². The molecule has 2 nitrogen and oxygen atoms in total. The van der Waals surface area contributed by atoms with Gasteiger partial charge in [-0.1, -0.05) is 38.5 Å². The highest BCUT2D eigenvalue weighted by atomic mass is 35.5. The van der Waals surface area contributed by atoms with E-state index in [4.69, 9.17) is 16.3 Å². The minimum atomic E-state index is -0.609. The van der Waals surface area contributed by atoms with Crippen molar-refractivity contribution in [3.8, 4) is 5.75 Å². The van der Waals surface area contributed by atoms with Gasteiger partial charge < -0.3 is 4.74 Å². The molecule has 21 heavy (non-hydrogen) atoms. The Labute approximate surface area is 131 Å². The Morgan fingerprint density at radius 2 is 2.10 bits per heavy atom. The first-order valence-corrected chi connectivity index (χ1v) is 7.86. The Morgan fingerprint density at radius 1 is 1.33 bits per heavy atom. The Hall–Kier alpha value is -1.28. The molecule has 1 aromatic rings. The standard InChI is InChI=1S/C18H21ClO2/c1-17(2)9-4-10-18(16(19)20)14-11-13(21-3)7-5-12(14)6-8-15(17)18/h5-8,11,15H,4,9-10H2,1-3H3/t15-,18+/m0/s1. The predicted molar refractivity (Wildman–Crippen MR) is 85.7 cm³/mol. The lowest BCUT2D eigenvalue weighted by atomic mass is 9.52. The van der Waals surface area contributed by atoms with Crippen molar-refractivity contribution in [2.24, 2.45) is 11.3 Å². The van der Waals surface area contributed by atoms with Crippen molar-refractivity contribution < 1.29 is 9.53 Å². The number of rotatable bonds is 2. The number of allylic oxidation sites excluding steroid dienone is 1. The summed E-state index contributed by atoms with van der Waals surface area (Å²) in [5, 5.41) is -0.237. The number of hydrogen-bond donors (Lipinski definition) is 0. The normalized spacial score (nSPS) is 29.4. The Kier molecular flexibility index (Phi) is 3.40. The molecule has 0 heterocycles. The number of carbonyl (C=O) groups excluding carboxylic acids is 1. The first kappa shape index (κ1) is 14.6. The van der Waals surface area contributed by atoms with Crippen LogP contribution in [0.5, 0.6) is 5.75 Å². The Balaban J connectivity index is 2.25. The van der Waals surface area contributed by atoms with Crippen LogP contribution in [0.4, 0.5) is 0 Å². The fraction of sp³-hybridized carbons (Fsp3) is 0.500. The lowest BCUT2D eigenvalue weighted by molar-refractivity contribution is -0.121. The van der Waals surface area contributed by atoms with Gasteiger partial charge in [-0.25, -0.2) is 0 Å². The van der Waals surface area contributed by atoms with Gasteiger partial charge in [-0.05, 0) is 53.1 Å². The molecule has 0 radical (unpaired) electrons. The van der Waals surface area contributed by atoms with Gasteiger partial charge in [0.05, 0.1) is 12.5 Å². The molecule has 3 rings (SSSR count). The smallest absolute Gasteiger partial charge is 0.232 e. The highest BCUT2D eigenvalue weighted by molar-refractivity contribution is 6.65. The van der Waals surface area contributed by atoms with Crippen LogP contribution in [0, 0.1) is 11.3 Å². The zero-order chi connectivity index (χ0) is 15.3. The molecular weight excluding hydrogens is 284 g/mol. The summed E-state index contributed by atoms with van der Waals surface area (Å²) in [5.74, 6) is 0.923. The van der Waals surface area contributed by atoms with Gasteiger partial charge in [0, 0.05) is 5.92 Å². The van der Waals surface area contributed by atoms with Gasteiger partial charge in [-0.3, -0.25) is 4.79 Å². The van der Waals surface area contributed by atoms with Gasteiger partial charge in [-0.15, -0.1) is 0 Å². The highest BCUT2D eigenvalue weighted by Gasteiger charge is 2.55. The third-order valence-corrected chi connectivity index (χ3v) is 5.66. The molecular formula is C18H21ClO2. The quantitative estimate of drug-likeness (QED) is 0.749. The molecule has 1 aromatic carbocycles. The van der Waals surface area contributed by atoms with E-state index >= 15 is 0 Å². The number of methoxy groups -OCH3 is 1. The van der Waals surface area contributed by atoms with E-state index < -0.39 is 5.41 Å². The van der Waals surface area contributed by atoms with Crippen LogP contribution in [0.1, 0.15) is 44.2 Å². The summed E-state index contributed by atoms with van der Waals surface area (Å²) in [6, 6.07) is 5.95. The topological polar surface area (TPSA) is 26.3 Å². The van der Waals surface area contributed by atoms with Gasteiger partial charge in [0.1, 0.15) is 5.75 Å². The van der Waals surface area contributed by atoms with Gasteiger partial charge in [-0.2, -0.15) is 0 Å². The summed E-state index contributed by atoms with van der Waals surface area (Å²) in [6.45, 7) is 4.47. The second kappa shape index (κ2) is 4.88. The van der Waals surface area contributed by atoms with Crippen molar-refractivity contribution in [2.75, 3.05) is 7.11 Å². The van der Waals surface area contributed by atoms with Crippen LogP contribution >= 0.6 is 11.6 Å². The maximum absolute atomic E-state index is 12.5. The molecule has 1 fully saturated rings. The van der Waals surface area contributed by atoms with Crippen LogP contribution in [0.15, 0.2) is 24.3 Å². The van der Waals surface area contributed by atoms with Crippen molar-refractivity contribution in [1.29, 1.82) is 0 Å². The highest BCUT2D eigenvalue weighted by Crippen LogP contribution is 2.57. The molecule has 1 saturated carbocycles. The van der Waals surface area contributed by atoms with Crippen LogP contribution in [0.25, 0.3) is 6.08 Å². The first-order valence-electron chi connectivity index (χ1n) is 7.48. The van der Waals surface area contributed by atoms with Gasteiger partial charge in [0.2, 0.25) is 5.24 Å². The molecule has 112 valence electrons. The van der Waals surface area contributed by atoms with Crippen LogP contribution in [-0.4, -0.2) is 12.4 Å². The van der Waals surface area contributed by atoms with Crippen molar-refractivity contribution >= 4 is 22.9 Å². The Bertz CT molecular complexity index is 618. The molecule has 2 atom stereocenters. The molecule has 0 unspecified atom stereocenters. The van der Waals surface area contributed by atoms with Crippen LogP contribution in [-0.2, 0) is 10.2 Å². The fourth-order valence-corrected chi connectivity index (χ4v) is 4.56. The average molecular weight is 305 g/mol. The number of fused-ring (bicyclic) bond motifs is 3. The average Bonchev–Trinajstić information content (AvgIpc) is 2.45. The molecule has 3 heteroatoms. The van der Waals surface area contributed by atoms with Crippen molar-refractivity contribution in [3.63, 3.8) is 0 Å². The first-order chi connectivity index (χ1) is 9.91. The van der Waals surface area contributed by atoms with E-state index in [9.17, 15) is 4.79 Å². The van der Waals surface area contributed by atoms with Crippen molar-refractivity contribution in [1.82, 2.24) is 0 Å². The van der Waals surface area contributed by atoms with Gasteiger partial charge in [0.15, 0.2) is 0 Å². The summed E-state index contributed by atoms with van der Waals surface area (Å²) in [6.07, 6.45) is 7.27.